The zero-order chi connectivity index (χ0) is 18.6. The summed E-state index contributed by atoms with van der Waals surface area (Å²) in [4.78, 5) is 0. The number of ether oxygens (including phenoxy) is 1. The van der Waals surface area contributed by atoms with Crippen LogP contribution in [0.1, 0.15) is 33.7 Å². The molecule has 1 fully saturated rings. The summed E-state index contributed by atoms with van der Waals surface area (Å²) in [5, 5.41) is 0. The summed E-state index contributed by atoms with van der Waals surface area (Å²) in [5.74, 6) is 0.669. The Morgan fingerprint density at radius 1 is 0.778 bits per heavy atom. The molecule has 1 heteroatoms. The van der Waals surface area contributed by atoms with E-state index >= 15 is 0 Å². The lowest BCUT2D eigenvalue weighted by molar-refractivity contribution is 0.184. The van der Waals surface area contributed by atoms with Crippen molar-refractivity contribution in [3.63, 3.8) is 0 Å². The van der Waals surface area contributed by atoms with Gasteiger partial charge >= 0.3 is 0 Å². The zero-order valence-corrected chi connectivity index (χ0v) is 16.1. The normalized spacial score (nSPS) is 19.3. The van der Waals surface area contributed by atoms with E-state index in [-0.39, 0.29) is 0 Å². The van der Waals surface area contributed by atoms with Gasteiger partial charge in [-0.05, 0) is 36.1 Å². The fraction of sp³-hybridized carbons (Fsp3) is 0.231. The lowest BCUT2D eigenvalue weighted by atomic mass is 9.78. The molecule has 1 heterocycles. The molecule has 1 saturated heterocycles. The number of rotatable bonds is 4. The second kappa shape index (κ2) is 7.94. The Morgan fingerprint density at radius 2 is 1.37 bits per heavy atom. The molecule has 0 unspecified atom stereocenters. The maximum atomic E-state index is 5.95. The van der Waals surface area contributed by atoms with E-state index in [0.29, 0.717) is 18.4 Å². The molecule has 1 aliphatic rings. The average molecular weight is 354 g/mol. The average Bonchev–Trinajstić information content (AvgIpc) is 3.14. The van der Waals surface area contributed by atoms with E-state index in [1.807, 2.05) is 0 Å². The molecule has 27 heavy (non-hydrogen) atoms. The fourth-order valence-electron chi connectivity index (χ4n) is 3.94. The van der Waals surface area contributed by atoms with Crippen LogP contribution in [0.15, 0.2) is 84.4 Å². The van der Waals surface area contributed by atoms with Crippen LogP contribution in [-0.4, -0.2) is 13.2 Å². The lowest BCUT2D eigenvalue weighted by Gasteiger charge is -2.25. The molecular weight excluding hydrogens is 328 g/mol. The van der Waals surface area contributed by atoms with Gasteiger partial charge in [0.2, 0.25) is 0 Å². The number of hydrogen-bond donors (Lipinski definition) is 0. The van der Waals surface area contributed by atoms with Crippen LogP contribution in [0, 0.1) is 19.8 Å². The van der Waals surface area contributed by atoms with Crippen molar-refractivity contribution in [3.05, 3.63) is 112 Å². The van der Waals surface area contributed by atoms with Gasteiger partial charge in [0.1, 0.15) is 0 Å². The van der Waals surface area contributed by atoms with Crippen molar-refractivity contribution in [2.75, 3.05) is 13.2 Å². The maximum Gasteiger partial charge on any atom is 0.0684 e. The van der Waals surface area contributed by atoms with E-state index < -0.39 is 0 Å². The highest BCUT2D eigenvalue weighted by atomic mass is 16.5. The Kier molecular flexibility index (Phi) is 5.22. The summed E-state index contributed by atoms with van der Waals surface area (Å²) in [6.45, 7) is 5.75. The Hall–Kier alpha value is -2.64. The second-order valence-corrected chi connectivity index (χ2v) is 7.55. The molecule has 1 aliphatic heterocycles. The molecule has 0 N–H and O–H groups in total. The van der Waals surface area contributed by atoms with E-state index in [1.165, 1.54) is 33.4 Å². The Bertz CT molecular complexity index is 905. The molecule has 4 rings (SSSR count). The van der Waals surface area contributed by atoms with Crippen molar-refractivity contribution in [1.29, 1.82) is 0 Å². The first kappa shape index (κ1) is 17.8. The number of hydrogen-bond acceptors (Lipinski definition) is 1. The third-order valence-electron chi connectivity index (χ3n) is 5.47. The predicted octanol–water partition coefficient (Wildman–Crippen LogP) is 6.17. The van der Waals surface area contributed by atoms with E-state index in [9.17, 15) is 0 Å². The summed E-state index contributed by atoms with van der Waals surface area (Å²) < 4.78 is 5.95. The highest BCUT2D eigenvalue weighted by molar-refractivity contribution is 5.56. The second-order valence-electron chi connectivity index (χ2n) is 7.55. The summed E-state index contributed by atoms with van der Waals surface area (Å²) in [5.41, 5.74) is 7.93. The summed E-state index contributed by atoms with van der Waals surface area (Å²) in [6, 6.07) is 28.5. The highest BCUT2D eigenvalue weighted by Gasteiger charge is 2.32. The first-order valence-electron chi connectivity index (χ1n) is 9.67. The minimum absolute atomic E-state index is 0.311. The van der Waals surface area contributed by atoms with Crippen molar-refractivity contribution in [2.45, 2.75) is 19.8 Å². The molecule has 136 valence electrons. The number of aryl methyl sites for hydroxylation is 2. The Labute approximate surface area is 162 Å². The van der Waals surface area contributed by atoms with Gasteiger partial charge in [0.25, 0.3) is 0 Å². The van der Waals surface area contributed by atoms with Gasteiger partial charge in [-0.3, -0.25) is 0 Å². The van der Waals surface area contributed by atoms with Crippen molar-refractivity contribution in [3.8, 4) is 0 Å². The van der Waals surface area contributed by atoms with Gasteiger partial charge in [-0.1, -0.05) is 96.1 Å². The molecule has 3 aromatic carbocycles. The van der Waals surface area contributed by atoms with E-state index in [0.717, 1.165) is 6.61 Å². The quantitative estimate of drug-likeness (QED) is 0.545. The SMILES string of the molecule is Cc1ccc(/C=C2/COC[C@@H]2[C@@H](c2ccccc2)c2ccc(C)cc2)cc1. The van der Waals surface area contributed by atoms with Gasteiger partial charge in [0.05, 0.1) is 13.2 Å². The van der Waals surface area contributed by atoms with Crippen molar-refractivity contribution in [2.24, 2.45) is 5.92 Å². The highest BCUT2D eigenvalue weighted by Crippen LogP contribution is 2.40. The van der Waals surface area contributed by atoms with Crippen LogP contribution >= 0.6 is 0 Å². The number of benzene rings is 3. The van der Waals surface area contributed by atoms with Crippen molar-refractivity contribution >= 4 is 6.08 Å². The monoisotopic (exact) mass is 354 g/mol. The molecule has 0 radical (unpaired) electrons. The molecule has 1 nitrogen and oxygen atoms in total. The minimum atomic E-state index is 0.311. The predicted molar refractivity (Wildman–Crippen MR) is 113 cm³/mol. The first-order chi connectivity index (χ1) is 13.2. The van der Waals surface area contributed by atoms with Crippen LogP contribution in [-0.2, 0) is 4.74 Å². The maximum absolute atomic E-state index is 5.95. The molecular formula is C26H26O. The summed E-state index contributed by atoms with van der Waals surface area (Å²) in [6.07, 6.45) is 2.32. The molecule has 2 atom stereocenters. The van der Waals surface area contributed by atoms with Gasteiger partial charge in [-0.2, -0.15) is 0 Å². The first-order valence-corrected chi connectivity index (χ1v) is 9.67. The van der Waals surface area contributed by atoms with Crippen molar-refractivity contribution in [1.82, 2.24) is 0 Å². The van der Waals surface area contributed by atoms with E-state index in [2.05, 4.69) is 98.8 Å². The topological polar surface area (TPSA) is 9.23 Å². The third-order valence-corrected chi connectivity index (χ3v) is 5.47. The van der Waals surface area contributed by atoms with Crippen LogP contribution in [0.25, 0.3) is 6.08 Å². The molecule has 0 spiro atoms. The van der Waals surface area contributed by atoms with Gasteiger partial charge < -0.3 is 4.74 Å². The summed E-state index contributed by atoms with van der Waals surface area (Å²) in [7, 11) is 0. The largest absolute Gasteiger partial charge is 0.376 e. The van der Waals surface area contributed by atoms with E-state index in [4.69, 9.17) is 4.74 Å². The van der Waals surface area contributed by atoms with Crippen LogP contribution < -0.4 is 0 Å². The van der Waals surface area contributed by atoms with Crippen molar-refractivity contribution < 1.29 is 4.74 Å². The fourth-order valence-corrected chi connectivity index (χ4v) is 3.94. The molecule has 0 saturated carbocycles. The molecule has 0 aliphatic carbocycles. The van der Waals surface area contributed by atoms with Crippen LogP contribution in [0.4, 0.5) is 0 Å². The minimum Gasteiger partial charge on any atom is -0.376 e. The van der Waals surface area contributed by atoms with Crippen LogP contribution in [0.5, 0.6) is 0 Å². The zero-order valence-electron chi connectivity index (χ0n) is 16.1. The Balaban J connectivity index is 1.74. The van der Waals surface area contributed by atoms with E-state index in [1.54, 1.807) is 0 Å². The smallest absolute Gasteiger partial charge is 0.0684 e. The third kappa shape index (κ3) is 4.04. The van der Waals surface area contributed by atoms with Gasteiger partial charge in [0, 0.05) is 11.8 Å². The Morgan fingerprint density at radius 3 is 2.04 bits per heavy atom. The van der Waals surface area contributed by atoms with Gasteiger partial charge in [-0.15, -0.1) is 0 Å². The standard InChI is InChI=1S/C26H26O/c1-19-8-12-21(13-9-19)16-24-17-27-18-25(24)26(22-6-4-3-5-7-22)23-14-10-20(2)11-15-23/h3-16,25-26H,17-18H2,1-2H3/b24-16-/t25-,26-/m0/s1. The van der Waals surface area contributed by atoms with Gasteiger partial charge in [0.15, 0.2) is 0 Å². The molecule has 0 aromatic heterocycles. The van der Waals surface area contributed by atoms with Gasteiger partial charge in [-0.25, -0.2) is 0 Å². The molecule has 0 amide bonds. The van der Waals surface area contributed by atoms with Crippen LogP contribution in [0.2, 0.25) is 0 Å². The van der Waals surface area contributed by atoms with Crippen LogP contribution in [0.3, 0.4) is 0 Å². The molecule has 0 bridgehead atoms. The summed E-state index contributed by atoms with van der Waals surface area (Å²) >= 11 is 0. The molecule has 3 aromatic rings. The lowest BCUT2D eigenvalue weighted by Crippen LogP contribution is -2.16.